The molecule has 0 radical (unpaired) electrons. The Morgan fingerprint density at radius 1 is 1.19 bits per heavy atom. The van der Waals surface area contributed by atoms with Crippen LogP contribution in [0.2, 0.25) is 0 Å². The van der Waals surface area contributed by atoms with Gasteiger partial charge in [-0.3, -0.25) is 4.79 Å². The minimum absolute atomic E-state index is 0.162. The van der Waals surface area contributed by atoms with Crippen LogP contribution >= 0.6 is 0 Å². The Morgan fingerprint density at radius 2 is 1.71 bits per heavy atom. The summed E-state index contributed by atoms with van der Waals surface area (Å²) >= 11 is 0. The molecule has 1 amide bonds. The molecule has 0 aliphatic heterocycles. The fourth-order valence-electron chi connectivity index (χ4n) is 2.13. The molecule has 0 saturated heterocycles. The first-order chi connectivity index (χ1) is 9.52. The first-order valence-electron chi connectivity index (χ1n) is 6.80. The van der Waals surface area contributed by atoms with E-state index in [1.54, 1.807) is 0 Å². The van der Waals surface area contributed by atoms with Crippen LogP contribution in [0.4, 0.5) is 0 Å². The Morgan fingerprint density at radius 3 is 2.24 bits per heavy atom. The monoisotopic (exact) mass is 312 g/mol. The van der Waals surface area contributed by atoms with E-state index in [9.17, 15) is 13.2 Å². The van der Waals surface area contributed by atoms with Crippen LogP contribution < -0.4 is 5.32 Å². The smallest absolute Gasteiger partial charge is 0.235 e. The molecule has 5 nitrogen and oxygen atoms in total. The lowest BCUT2D eigenvalue weighted by atomic mass is 9.96. The van der Waals surface area contributed by atoms with Gasteiger partial charge in [0.1, 0.15) is 0 Å². The predicted molar refractivity (Wildman–Crippen MR) is 84.7 cm³/mol. The number of carbonyl (C=O) groups excluding carboxylic acids is 1. The molecular weight excluding hydrogens is 288 g/mol. The fraction of sp³-hybridized carbons (Fsp3) is 0.533. The molecule has 0 aliphatic carbocycles. The van der Waals surface area contributed by atoms with Gasteiger partial charge in [0.15, 0.2) is 0 Å². The van der Waals surface area contributed by atoms with Crippen molar-refractivity contribution >= 4 is 15.9 Å². The zero-order valence-corrected chi connectivity index (χ0v) is 14.3. The molecule has 0 aliphatic rings. The van der Waals surface area contributed by atoms with Crippen molar-refractivity contribution in [3.8, 4) is 0 Å². The number of carbonyl (C=O) groups is 1. The number of benzene rings is 1. The number of aryl methyl sites for hydroxylation is 3. The topological polar surface area (TPSA) is 66.5 Å². The van der Waals surface area contributed by atoms with Crippen molar-refractivity contribution in [3.05, 3.63) is 34.4 Å². The Kier molecular flexibility index (Phi) is 5.53. The summed E-state index contributed by atoms with van der Waals surface area (Å²) in [4.78, 5) is 11.9. The molecule has 0 spiro atoms. The lowest BCUT2D eigenvalue weighted by Gasteiger charge is -2.20. The van der Waals surface area contributed by atoms with Gasteiger partial charge in [0, 0.05) is 7.05 Å². The molecular formula is C15H24N2O3S. The molecule has 1 atom stereocenters. The summed E-state index contributed by atoms with van der Waals surface area (Å²) in [6.45, 7) is 7.82. The molecule has 1 unspecified atom stereocenters. The van der Waals surface area contributed by atoms with Gasteiger partial charge in [0.2, 0.25) is 15.9 Å². The van der Waals surface area contributed by atoms with Crippen LogP contribution in [0.5, 0.6) is 0 Å². The first kappa shape index (κ1) is 17.7. The van der Waals surface area contributed by atoms with Crippen molar-refractivity contribution in [2.75, 3.05) is 19.8 Å². The molecule has 0 heterocycles. The third-order valence-electron chi connectivity index (χ3n) is 3.66. The number of likely N-dealkylation sites (N-methyl/N-ethyl adjacent to an activating group) is 1. The molecule has 1 aromatic carbocycles. The number of amides is 1. The average molecular weight is 312 g/mol. The summed E-state index contributed by atoms with van der Waals surface area (Å²) in [7, 11) is -1.96. The van der Waals surface area contributed by atoms with E-state index in [2.05, 4.69) is 24.4 Å². The average Bonchev–Trinajstić information content (AvgIpc) is 2.32. The van der Waals surface area contributed by atoms with E-state index in [0.29, 0.717) is 0 Å². The molecule has 0 aromatic heterocycles. The molecule has 1 rings (SSSR count). The number of rotatable bonds is 5. The van der Waals surface area contributed by atoms with Gasteiger partial charge in [-0.2, -0.15) is 4.31 Å². The zero-order valence-electron chi connectivity index (χ0n) is 13.5. The van der Waals surface area contributed by atoms with E-state index in [1.165, 1.54) is 18.2 Å². The summed E-state index contributed by atoms with van der Waals surface area (Å²) in [5, 5.41) is 2.84. The number of nitrogens with one attached hydrogen (secondary N) is 1. The highest BCUT2D eigenvalue weighted by molar-refractivity contribution is 7.88. The Hall–Kier alpha value is -1.40. The Bertz CT molecular complexity index is 639. The normalized spacial score (nSPS) is 13.3. The van der Waals surface area contributed by atoms with Gasteiger partial charge in [0.25, 0.3) is 0 Å². The molecule has 21 heavy (non-hydrogen) atoms. The van der Waals surface area contributed by atoms with Crippen molar-refractivity contribution in [2.24, 2.45) is 0 Å². The van der Waals surface area contributed by atoms with Crippen LogP contribution in [-0.2, 0) is 14.8 Å². The predicted octanol–water partition coefficient (Wildman–Crippen LogP) is 1.68. The Balaban J connectivity index is 2.80. The molecule has 6 heteroatoms. The molecule has 0 bridgehead atoms. The first-order valence-corrected chi connectivity index (χ1v) is 8.65. The Labute approximate surface area is 127 Å². The second kappa shape index (κ2) is 6.58. The molecule has 0 saturated carbocycles. The van der Waals surface area contributed by atoms with Gasteiger partial charge in [-0.1, -0.05) is 12.1 Å². The van der Waals surface area contributed by atoms with Gasteiger partial charge in [-0.05, 0) is 49.9 Å². The number of sulfonamides is 1. The van der Waals surface area contributed by atoms with Crippen LogP contribution in [0.1, 0.15) is 35.2 Å². The van der Waals surface area contributed by atoms with Crippen molar-refractivity contribution in [2.45, 2.75) is 33.7 Å². The molecule has 0 fully saturated rings. The number of hydrogen-bond donors (Lipinski definition) is 1. The molecule has 118 valence electrons. The summed E-state index contributed by atoms with van der Waals surface area (Å²) in [5.74, 6) is -0.312. The van der Waals surface area contributed by atoms with Crippen molar-refractivity contribution in [3.63, 3.8) is 0 Å². The standard InChI is InChI=1S/C15H24N2O3S/c1-10-7-12(3)14(8-11(10)2)13(4)16-15(18)9-17(5)21(6,19)20/h7-8,13H,9H2,1-6H3,(H,16,18). The third kappa shape index (κ3) is 4.82. The summed E-state index contributed by atoms with van der Waals surface area (Å²) < 4.78 is 23.6. The second-order valence-corrected chi connectivity index (χ2v) is 7.69. The fourth-order valence-corrected chi connectivity index (χ4v) is 2.49. The van der Waals surface area contributed by atoms with Gasteiger partial charge < -0.3 is 5.32 Å². The maximum atomic E-state index is 11.9. The summed E-state index contributed by atoms with van der Waals surface area (Å²) in [5.41, 5.74) is 4.55. The summed E-state index contributed by atoms with van der Waals surface area (Å²) in [6.07, 6.45) is 1.08. The molecule has 1 N–H and O–H groups in total. The van der Waals surface area contributed by atoms with Gasteiger partial charge >= 0.3 is 0 Å². The van der Waals surface area contributed by atoms with Crippen molar-refractivity contribution < 1.29 is 13.2 Å². The molecule has 1 aromatic rings. The highest BCUT2D eigenvalue weighted by Gasteiger charge is 2.18. The van der Waals surface area contributed by atoms with Crippen LogP contribution in [0.15, 0.2) is 12.1 Å². The zero-order chi connectivity index (χ0) is 16.4. The largest absolute Gasteiger partial charge is 0.348 e. The van der Waals surface area contributed by atoms with E-state index < -0.39 is 10.0 Å². The van der Waals surface area contributed by atoms with Gasteiger partial charge in [0.05, 0.1) is 18.8 Å². The maximum absolute atomic E-state index is 11.9. The van der Waals surface area contributed by atoms with Gasteiger partial charge in [-0.15, -0.1) is 0 Å². The summed E-state index contributed by atoms with van der Waals surface area (Å²) in [6, 6.07) is 4.00. The number of nitrogens with zero attached hydrogens (tertiary/aromatic N) is 1. The lowest BCUT2D eigenvalue weighted by molar-refractivity contribution is -0.121. The van der Waals surface area contributed by atoms with E-state index in [4.69, 9.17) is 0 Å². The van der Waals surface area contributed by atoms with E-state index >= 15 is 0 Å². The maximum Gasteiger partial charge on any atom is 0.235 e. The van der Waals surface area contributed by atoms with Crippen LogP contribution in [-0.4, -0.2) is 38.5 Å². The third-order valence-corrected chi connectivity index (χ3v) is 4.92. The van der Waals surface area contributed by atoms with E-state index in [1.807, 2.05) is 20.8 Å². The SMILES string of the molecule is Cc1cc(C)c(C(C)NC(=O)CN(C)S(C)(=O)=O)cc1C. The van der Waals surface area contributed by atoms with Crippen molar-refractivity contribution in [1.82, 2.24) is 9.62 Å². The van der Waals surface area contributed by atoms with Crippen molar-refractivity contribution in [1.29, 1.82) is 0 Å². The highest BCUT2D eigenvalue weighted by Crippen LogP contribution is 2.21. The van der Waals surface area contributed by atoms with Crippen LogP contribution in [0, 0.1) is 20.8 Å². The minimum atomic E-state index is -3.35. The van der Waals surface area contributed by atoms with Crippen LogP contribution in [0.25, 0.3) is 0 Å². The number of hydrogen-bond acceptors (Lipinski definition) is 3. The van der Waals surface area contributed by atoms with E-state index in [0.717, 1.165) is 21.7 Å². The van der Waals surface area contributed by atoms with E-state index in [-0.39, 0.29) is 18.5 Å². The van der Waals surface area contributed by atoms with Gasteiger partial charge in [-0.25, -0.2) is 8.42 Å². The second-order valence-electron chi connectivity index (χ2n) is 5.60. The highest BCUT2D eigenvalue weighted by atomic mass is 32.2. The van der Waals surface area contributed by atoms with Crippen LogP contribution in [0.3, 0.4) is 0 Å². The lowest BCUT2D eigenvalue weighted by Crippen LogP contribution is -2.38. The minimum Gasteiger partial charge on any atom is -0.348 e. The quantitative estimate of drug-likeness (QED) is 0.899.